The lowest BCUT2D eigenvalue weighted by molar-refractivity contribution is -0.137. The molecule has 5 heteroatoms. The fourth-order valence-corrected chi connectivity index (χ4v) is 2.16. The highest BCUT2D eigenvalue weighted by molar-refractivity contribution is 5.95. The van der Waals surface area contributed by atoms with Crippen LogP contribution in [0.5, 0.6) is 0 Å². The molecule has 106 valence electrons. The number of benzene rings is 1. The van der Waals surface area contributed by atoms with Gasteiger partial charge in [-0.25, -0.2) is 9.59 Å². The predicted octanol–water partition coefficient (Wildman–Crippen LogP) is 2.18. The number of fused-ring (bicyclic) bond motifs is 1. The van der Waals surface area contributed by atoms with Crippen LogP contribution in [0.2, 0.25) is 0 Å². The lowest BCUT2D eigenvalue weighted by atomic mass is 10.1. The number of carbonyl (C=O) groups is 2. The third-order valence-corrected chi connectivity index (χ3v) is 3.08. The Morgan fingerprint density at radius 1 is 1.40 bits per heavy atom. The standard InChI is InChI=1S/C15H18N2O3/c1-3-20-14(18)9-6-10-17-13-8-5-4-7-12(13)11-16(2)15(17)19/h4-9H,3,10-11H2,1-2H3/b9-6+. The molecule has 0 N–H and O–H groups in total. The maximum absolute atomic E-state index is 12.2. The fourth-order valence-electron chi connectivity index (χ4n) is 2.16. The average Bonchev–Trinajstić information content (AvgIpc) is 2.43. The van der Waals surface area contributed by atoms with Gasteiger partial charge in [0.15, 0.2) is 0 Å². The first kappa shape index (κ1) is 14.1. The van der Waals surface area contributed by atoms with Gasteiger partial charge in [0, 0.05) is 26.2 Å². The SMILES string of the molecule is CCOC(=O)/C=C/CN1C(=O)N(C)Cc2ccccc21. The van der Waals surface area contributed by atoms with Gasteiger partial charge in [-0.05, 0) is 18.6 Å². The summed E-state index contributed by atoms with van der Waals surface area (Å²) in [5.41, 5.74) is 1.99. The highest BCUT2D eigenvalue weighted by Crippen LogP contribution is 2.27. The van der Waals surface area contributed by atoms with Crippen LogP contribution in [0, 0.1) is 0 Å². The summed E-state index contributed by atoms with van der Waals surface area (Å²) in [6.07, 6.45) is 3.00. The molecule has 0 unspecified atom stereocenters. The Kier molecular flexibility index (Phi) is 4.40. The largest absolute Gasteiger partial charge is 0.463 e. The molecule has 1 aromatic rings. The summed E-state index contributed by atoms with van der Waals surface area (Å²) in [7, 11) is 1.76. The zero-order chi connectivity index (χ0) is 14.5. The molecule has 0 aromatic heterocycles. The Morgan fingerprint density at radius 3 is 2.90 bits per heavy atom. The Bertz CT molecular complexity index is 540. The highest BCUT2D eigenvalue weighted by atomic mass is 16.5. The van der Waals surface area contributed by atoms with Gasteiger partial charge in [0.05, 0.1) is 12.3 Å². The van der Waals surface area contributed by atoms with Gasteiger partial charge in [-0.2, -0.15) is 0 Å². The van der Waals surface area contributed by atoms with E-state index in [2.05, 4.69) is 0 Å². The first-order valence-corrected chi connectivity index (χ1v) is 6.57. The maximum atomic E-state index is 12.2. The second-order valence-corrected chi connectivity index (χ2v) is 4.53. The van der Waals surface area contributed by atoms with Crippen molar-refractivity contribution in [1.82, 2.24) is 4.90 Å². The first-order chi connectivity index (χ1) is 9.63. The topological polar surface area (TPSA) is 49.9 Å². The Labute approximate surface area is 118 Å². The van der Waals surface area contributed by atoms with Crippen molar-refractivity contribution in [1.29, 1.82) is 0 Å². The molecule has 2 rings (SSSR count). The number of anilines is 1. The molecule has 2 amide bonds. The van der Waals surface area contributed by atoms with Crippen molar-refractivity contribution in [2.75, 3.05) is 25.1 Å². The minimum Gasteiger partial charge on any atom is -0.463 e. The van der Waals surface area contributed by atoms with Crippen LogP contribution in [-0.4, -0.2) is 37.1 Å². The van der Waals surface area contributed by atoms with E-state index < -0.39 is 5.97 Å². The molecule has 20 heavy (non-hydrogen) atoms. The number of esters is 1. The zero-order valence-corrected chi connectivity index (χ0v) is 11.7. The molecule has 0 fully saturated rings. The monoisotopic (exact) mass is 274 g/mol. The summed E-state index contributed by atoms with van der Waals surface area (Å²) in [6.45, 7) is 3.05. The lowest BCUT2D eigenvalue weighted by Crippen LogP contribution is -2.45. The van der Waals surface area contributed by atoms with Gasteiger partial charge in [-0.15, -0.1) is 0 Å². The zero-order valence-electron chi connectivity index (χ0n) is 11.7. The van der Waals surface area contributed by atoms with Crippen molar-refractivity contribution in [3.8, 4) is 0 Å². The number of hydrogen-bond acceptors (Lipinski definition) is 3. The summed E-state index contributed by atoms with van der Waals surface area (Å²) >= 11 is 0. The van der Waals surface area contributed by atoms with Crippen LogP contribution in [0.4, 0.5) is 10.5 Å². The highest BCUT2D eigenvalue weighted by Gasteiger charge is 2.26. The van der Waals surface area contributed by atoms with Gasteiger partial charge in [0.25, 0.3) is 0 Å². The van der Waals surface area contributed by atoms with E-state index in [-0.39, 0.29) is 6.03 Å². The molecule has 0 spiro atoms. The van der Waals surface area contributed by atoms with Gasteiger partial charge in [-0.3, -0.25) is 4.90 Å². The van der Waals surface area contributed by atoms with Crippen LogP contribution in [0.3, 0.4) is 0 Å². The average molecular weight is 274 g/mol. The summed E-state index contributed by atoms with van der Waals surface area (Å²) < 4.78 is 4.81. The van der Waals surface area contributed by atoms with Crippen LogP contribution in [0.25, 0.3) is 0 Å². The van der Waals surface area contributed by atoms with Crippen LogP contribution in [0.1, 0.15) is 12.5 Å². The van der Waals surface area contributed by atoms with Crippen LogP contribution >= 0.6 is 0 Å². The first-order valence-electron chi connectivity index (χ1n) is 6.57. The second-order valence-electron chi connectivity index (χ2n) is 4.53. The number of rotatable bonds is 4. The number of para-hydroxylation sites is 1. The van der Waals surface area contributed by atoms with Gasteiger partial charge in [0.1, 0.15) is 0 Å². The van der Waals surface area contributed by atoms with Gasteiger partial charge in [0.2, 0.25) is 0 Å². The molecular formula is C15H18N2O3. The molecule has 0 saturated carbocycles. The summed E-state index contributed by atoms with van der Waals surface area (Å²) in [5, 5.41) is 0. The summed E-state index contributed by atoms with van der Waals surface area (Å²) in [5.74, 6) is -0.390. The quantitative estimate of drug-likeness (QED) is 0.624. The molecule has 0 radical (unpaired) electrons. The normalized spacial score (nSPS) is 14.6. The van der Waals surface area contributed by atoms with Crippen molar-refractivity contribution in [3.05, 3.63) is 42.0 Å². The maximum Gasteiger partial charge on any atom is 0.330 e. The molecule has 0 bridgehead atoms. The molecule has 5 nitrogen and oxygen atoms in total. The summed E-state index contributed by atoms with van der Waals surface area (Å²) in [4.78, 5) is 26.7. The fraction of sp³-hybridized carbons (Fsp3) is 0.333. The number of ether oxygens (including phenoxy) is 1. The van der Waals surface area contributed by atoms with E-state index in [1.54, 1.807) is 29.8 Å². The molecule has 1 aromatic carbocycles. The van der Waals surface area contributed by atoms with E-state index in [1.165, 1.54) is 6.08 Å². The van der Waals surface area contributed by atoms with Crippen molar-refractivity contribution in [2.24, 2.45) is 0 Å². The van der Waals surface area contributed by atoms with Gasteiger partial charge < -0.3 is 9.64 Å². The number of carbonyl (C=O) groups excluding carboxylic acids is 2. The van der Waals surface area contributed by atoms with E-state index in [9.17, 15) is 9.59 Å². The Hall–Kier alpha value is -2.30. The molecule has 1 aliphatic heterocycles. The van der Waals surface area contributed by atoms with Crippen molar-refractivity contribution in [2.45, 2.75) is 13.5 Å². The predicted molar refractivity (Wildman–Crippen MR) is 76.4 cm³/mol. The molecular weight excluding hydrogens is 256 g/mol. The van der Waals surface area contributed by atoms with E-state index in [1.807, 2.05) is 24.3 Å². The number of nitrogens with zero attached hydrogens (tertiary/aromatic N) is 2. The lowest BCUT2D eigenvalue weighted by Gasteiger charge is -2.34. The molecule has 0 aliphatic carbocycles. The van der Waals surface area contributed by atoms with E-state index in [0.717, 1.165) is 11.3 Å². The number of amides is 2. The summed E-state index contributed by atoms with van der Waals surface area (Å²) in [6, 6.07) is 7.70. The van der Waals surface area contributed by atoms with Crippen LogP contribution in [-0.2, 0) is 16.1 Å². The third-order valence-electron chi connectivity index (χ3n) is 3.08. The Morgan fingerprint density at radius 2 is 2.15 bits per heavy atom. The van der Waals surface area contributed by atoms with Crippen molar-refractivity contribution >= 4 is 17.7 Å². The second kappa shape index (κ2) is 6.23. The van der Waals surface area contributed by atoms with Crippen LogP contribution < -0.4 is 4.90 Å². The van der Waals surface area contributed by atoms with E-state index >= 15 is 0 Å². The van der Waals surface area contributed by atoms with E-state index in [0.29, 0.717) is 19.7 Å². The minimum absolute atomic E-state index is 0.0720. The smallest absolute Gasteiger partial charge is 0.330 e. The number of urea groups is 1. The van der Waals surface area contributed by atoms with Gasteiger partial charge >= 0.3 is 12.0 Å². The molecule has 1 aliphatic rings. The molecule has 0 atom stereocenters. The van der Waals surface area contributed by atoms with Gasteiger partial charge in [-0.1, -0.05) is 24.3 Å². The molecule has 1 heterocycles. The van der Waals surface area contributed by atoms with Crippen LogP contribution in [0.15, 0.2) is 36.4 Å². The van der Waals surface area contributed by atoms with E-state index in [4.69, 9.17) is 4.74 Å². The van der Waals surface area contributed by atoms with Crippen molar-refractivity contribution in [3.63, 3.8) is 0 Å². The molecule has 0 saturated heterocycles. The Balaban J connectivity index is 2.14. The van der Waals surface area contributed by atoms with Crippen molar-refractivity contribution < 1.29 is 14.3 Å². The third kappa shape index (κ3) is 2.99. The number of hydrogen-bond donors (Lipinski definition) is 0. The minimum atomic E-state index is -0.390.